The second kappa shape index (κ2) is 5.72. The van der Waals surface area contributed by atoms with E-state index in [1.54, 1.807) is 13.0 Å². The predicted molar refractivity (Wildman–Crippen MR) is 81.6 cm³/mol. The van der Waals surface area contributed by atoms with Crippen molar-refractivity contribution in [2.24, 2.45) is 5.41 Å². The van der Waals surface area contributed by atoms with Crippen LogP contribution in [-0.4, -0.2) is 35.2 Å². The molecule has 0 radical (unpaired) electrons. The van der Waals surface area contributed by atoms with E-state index in [1.165, 1.54) is 0 Å². The van der Waals surface area contributed by atoms with Gasteiger partial charge in [-0.3, -0.25) is 14.8 Å². The Kier molecular flexibility index (Phi) is 3.91. The van der Waals surface area contributed by atoms with Gasteiger partial charge in [0.05, 0.1) is 5.41 Å². The highest BCUT2D eigenvalue weighted by molar-refractivity contribution is 5.93. The first-order valence-corrected chi connectivity index (χ1v) is 7.96. The predicted octanol–water partition coefficient (Wildman–Crippen LogP) is 1.92. The van der Waals surface area contributed by atoms with Gasteiger partial charge in [-0.1, -0.05) is 6.07 Å². The first-order valence-electron chi connectivity index (χ1n) is 7.96. The smallest absolute Gasteiger partial charge is 0.277 e. The molecule has 3 rings (SSSR count). The molecule has 1 aliphatic carbocycles. The van der Waals surface area contributed by atoms with Crippen LogP contribution in [0.25, 0.3) is 0 Å². The molecule has 0 aromatic heterocycles. The Morgan fingerprint density at radius 3 is 2.91 bits per heavy atom. The van der Waals surface area contributed by atoms with E-state index in [1.807, 2.05) is 12.1 Å². The third-order valence-electron chi connectivity index (χ3n) is 4.99. The number of rotatable bonds is 2. The maximum atomic E-state index is 12.3. The van der Waals surface area contributed by atoms with Crippen molar-refractivity contribution in [2.45, 2.75) is 39.0 Å². The molecule has 2 amide bonds. The van der Waals surface area contributed by atoms with Gasteiger partial charge in [-0.25, -0.2) is 5.06 Å². The van der Waals surface area contributed by atoms with Gasteiger partial charge < -0.3 is 5.32 Å². The van der Waals surface area contributed by atoms with Gasteiger partial charge in [-0.05, 0) is 62.3 Å². The van der Waals surface area contributed by atoms with Gasteiger partial charge in [-0.2, -0.15) is 0 Å². The van der Waals surface area contributed by atoms with E-state index in [4.69, 9.17) is 0 Å². The van der Waals surface area contributed by atoms with Crippen molar-refractivity contribution in [1.82, 2.24) is 10.4 Å². The van der Waals surface area contributed by atoms with E-state index in [0.29, 0.717) is 5.56 Å². The van der Waals surface area contributed by atoms with Crippen molar-refractivity contribution in [3.8, 4) is 0 Å². The molecule has 1 aromatic carbocycles. The second-order valence-corrected chi connectivity index (χ2v) is 6.32. The van der Waals surface area contributed by atoms with Crippen molar-refractivity contribution >= 4 is 11.8 Å². The monoisotopic (exact) mass is 302 g/mol. The van der Waals surface area contributed by atoms with Crippen LogP contribution in [0, 0.1) is 5.41 Å². The van der Waals surface area contributed by atoms with Gasteiger partial charge in [0.1, 0.15) is 0 Å². The fourth-order valence-corrected chi connectivity index (χ4v) is 3.62. The lowest BCUT2D eigenvalue weighted by atomic mass is 9.67. The summed E-state index contributed by atoms with van der Waals surface area (Å²) in [5.41, 5.74) is 2.52. The first kappa shape index (κ1) is 15.0. The number of amides is 2. The first-order chi connectivity index (χ1) is 10.6. The van der Waals surface area contributed by atoms with E-state index in [-0.39, 0.29) is 23.8 Å². The quantitative estimate of drug-likeness (QED) is 0.648. The van der Waals surface area contributed by atoms with Crippen molar-refractivity contribution in [3.05, 3.63) is 34.9 Å². The topological polar surface area (TPSA) is 69.6 Å². The molecule has 5 nitrogen and oxygen atoms in total. The van der Waals surface area contributed by atoms with Crippen molar-refractivity contribution in [2.75, 3.05) is 13.1 Å². The Morgan fingerprint density at radius 1 is 1.36 bits per heavy atom. The van der Waals surface area contributed by atoms with Crippen LogP contribution in [-0.2, 0) is 17.6 Å². The second-order valence-electron chi connectivity index (χ2n) is 6.32. The number of hydrogen-bond acceptors (Lipinski definition) is 3. The zero-order valence-electron chi connectivity index (χ0n) is 12.9. The van der Waals surface area contributed by atoms with E-state index in [0.717, 1.165) is 54.8 Å². The van der Waals surface area contributed by atoms with Crippen LogP contribution in [0.2, 0.25) is 0 Å². The van der Waals surface area contributed by atoms with Crippen molar-refractivity contribution in [3.63, 3.8) is 0 Å². The minimum absolute atomic E-state index is 0.178. The molecule has 0 unspecified atom stereocenters. The lowest BCUT2D eigenvalue weighted by Crippen LogP contribution is -2.48. The number of aryl methyl sites for hydroxylation is 1. The molecule has 1 saturated heterocycles. The number of carbonyl (C=O) groups is 2. The molecular formula is C17H22N2O3. The number of fused-ring (bicyclic) bond motifs is 1. The van der Waals surface area contributed by atoms with E-state index in [9.17, 15) is 14.8 Å². The van der Waals surface area contributed by atoms with E-state index >= 15 is 0 Å². The molecule has 118 valence electrons. The van der Waals surface area contributed by atoms with Crippen LogP contribution in [0.15, 0.2) is 18.2 Å². The highest BCUT2D eigenvalue weighted by Gasteiger charge is 2.42. The molecule has 5 heteroatoms. The van der Waals surface area contributed by atoms with Crippen LogP contribution in [0.4, 0.5) is 0 Å². The van der Waals surface area contributed by atoms with Gasteiger partial charge in [-0.15, -0.1) is 0 Å². The molecule has 1 atom stereocenters. The molecule has 2 aliphatic rings. The molecular weight excluding hydrogens is 280 g/mol. The minimum Gasteiger partial charge on any atom is -0.356 e. The van der Waals surface area contributed by atoms with Crippen LogP contribution in [0.1, 0.15) is 47.7 Å². The fraction of sp³-hybridized carbons (Fsp3) is 0.529. The SMILES string of the molecule is CCN(O)C(=O)c1ccc2c(c1)CC[C@@]1(CCCNC1=O)C2. The Balaban J connectivity index is 1.85. The summed E-state index contributed by atoms with van der Waals surface area (Å²) in [6.45, 7) is 2.77. The molecule has 2 N–H and O–H groups in total. The molecule has 0 bridgehead atoms. The molecule has 1 spiro atoms. The fourth-order valence-electron chi connectivity index (χ4n) is 3.62. The van der Waals surface area contributed by atoms with E-state index < -0.39 is 0 Å². The Hall–Kier alpha value is -1.88. The minimum atomic E-state index is -0.374. The number of carbonyl (C=O) groups excluding carboxylic acids is 2. The molecule has 1 fully saturated rings. The summed E-state index contributed by atoms with van der Waals surface area (Å²) in [5.74, 6) is -0.196. The summed E-state index contributed by atoms with van der Waals surface area (Å²) in [5, 5.41) is 13.3. The number of benzene rings is 1. The lowest BCUT2D eigenvalue weighted by Gasteiger charge is -2.40. The molecule has 0 saturated carbocycles. The van der Waals surface area contributed by atoms with Crippen LogP contribution in [0.3, 0.4) is 0 Å². The van der Waals surface area contributed by atoms with Gasteiger partial charge in [0.25, 0.3) is 5.91 Å². The Labute approximate surface area is 130 Å². The maximum Gasteiger partial charge on any atom is 0.277 e. The zero-order valence-corrected chi connectivity index (χ0v) is 12.9. The number of hydrogen-bond donors (Lipinski definition) is 2. The number of piperidine rings is 1. The number of hydroxylamine groups is 2. The number of nitrogens with zero attached hydrogens (tertiary/aromatic N) is 1. The summed E-state index contributed by atoms with van der Waals surface area (Å²) in [6, 6.07) is 5.55. The van der Waals surface area contributed by atoms with Gasteiger partial charge in [0.15, 0.2) is 0 Å². The third kappa shape index (κ3) is 2.50. The lowest BCUT2D eigenvalue weighted by molar-refractivity contribution is -0.134. The summed E-state index contributed by atoms with van der Waals surface area (Å²) >= 11 is 0. The largest absolute Gasteiger partial charge is 0.356 e. The van der Waals surface area contributed by atoms with Gasteiger partial charge in [0.2, 0.25) is 5.91 Å². The van der Waals surface area contributed by atoms with Crippen molar-refractivity contribution in [1.29, 1.82) is 0 Å². The van der Waals surface area contributed by atoms with Crippen LogP contribution >= 0.6 is 0 Å². The number of nitrogens with one attached hydrogen (secondary N) is 1. The van der Waals surface area contributed by atoms with Crippen LogP contribution < -0.4 is 5.32 Å². The maximum absolute atomic E-state index is 12.3. The third-order valence-corrected chi connectivity index (χ3v) is 4.99. The average molecular weight is 302 g/mol. The molecule has 1 aliphatic heterocycles. The highest BCUT2D eigenvalue weighted by Crippen LogP contribution is 2.41. The standard InChI is InChI=1S/C17H22N2O3/c1-2-19(22)15(20)13-4-5-14-11-17(8-6-12(14)10-13)7-3-9-18-16(17)21/h4-5,10,22H,2-3,6-9,11H2,1H3,(H,18,21)/t17-/m0/s1. The average Bonchev–Trinajstić information content (AvgIpc) is 2.56. The van der Waals surface area contributed by atoms with Gasteiger partial charge in [0, 0.05) is 18.7 Å². The molecule has 22 heavy (non-hydrogen) atoms. The Bertz CT molecular complexity index is 614. The zero-order chi connectivity index (χ0) is 15.7. The van der Waals surface area contributed by atoms with Crippen LogP contribution in [0.5, 0.6) is 0 Å². The summed E-state index contributed by atoms with van der Waals surface area (Å²) in [4.78, 5) is 24.3. The molecule has 1 aromatic rings. The summed E-state index contributed by atoms with van der Waals surface area (Å²) in [7, 11) is 0. The molecule has 1 heterocycles. The normalized spacial score (nSPS) is 23.8. The highest BCUT2D eigenvalue weighted by atomic mass is 16.5. The van der Waals surface area contributed by atoms with Crippen molar-refractivity contribution < 1.29 is 14.8 Å². The van der Waals surface area contributed by atoms with Gasteiger partial charge >= 0.3 is 0 Å². The Morgan fingerprint density at radius 2 is 2.18 bits per heavy atom. The summed E-state index contributed by atoms with van der Waals surface area (Å²) in [6.07, 6.45) is 4.37. The summed E-state index contributed by atoms with van der Waals surface area (Å²) < 4.78 is 0. The van der Waals surface area contributed by atoms with E-state index in [2.05, 4.69) is 5.32 Å².